The highest BCUT2D eigenvalue weighted by molar-refractivity contribution is 7.84. The summed E-state index contributed by atoms with van der Waals surface area (Å²) in [6, 6.07) is 0.568. The van der Waals surface area contributed by atoms with E-state index in [2.05, 4.69) is 12.2 Å². The van der Waals surface area contributed by atoms with E-state index in [4.69, 9.17) is 4.74 Å². The zero-order chi connectivity index (χ0) is 11.1. The quantitative estimate of drug-likeness (QED) is 0.751. The van der Waals surface area contributed by atoms with Crippen LogP contribution in [0.3, 0.4) is 0 Å². The molecule has 1 aliphatic rings. The number of nitrogens with one attached hydrogen (secondary N) is 1. The van der Waals surface area contributed by atoms with Gasteiger partial charge in [0, 0.05) is 42.0 Å². The first-order valence-corrected chi connectivity index (χ1v) is 7.60. The predicted molar refractivity (Wildman–Crippen MR) is 64.6 cm³/mol. The lowest BCUT2D eigenvalue weighted by Gasteiger charge is -2.30. The fourth-order valence-corrected chi connectivity index (χ4v) is 2.40. The summed E-state index contributed by atoms with van der Waals surface area (Å²) in [6.45, 7) is 3.94. The molecular formula is C11H23NO2S. The van der Waals surface area contributed by atoms with Crippen molar-refractivity contribution in [1.82, 2.24) is 5.32 Å². The van der Waals surface area contributed by atoms with E-state index in [-0.39, 0.29) is 0 Å². The summed E-state index contributed by atoms with van der Waals surface area (Å²) < 4.78 is 16.6. The largest absolute Gasteiger partial charge is 0.378 e. The van der Waals surface area contributed by atoms with Crippen LogP contribution < -0.4 is 5.32 Å². The van der Waals surface area contributed by atoms with Crippen LogP contribution in [0, 0.1) is 0 Å². The molecule has 0 aromatic heterocycles. The Hall–Kier alpha value is 0.0700. The average molecular weight is 233 g/mol. The average Bonchev–Trinajstić information content (AvgIpc) is 2.18. The molecule has 0 saturated carbocycles. The van der Waals surface area contributed by atoms with Crippen LogP contribution in [0.25, 0.3) is 0 Å². The van der Waals surface area contributed by atoms with Gasteiger partial charge in [-0.25, -0.2) is 0 Å². The van der Waals surface area contributed by atoms with Crippen LogP contribution in [-0.4, -0.2) is 41.5 Å². The summed E-state index contributed by atoms with van der Waals surface area (Å²) in [5.74, 6) is 0.760. The van der Waals surface area contributed by atoms with Gasteiger partial charge in [-0.2, -0.15) is 0 Å². The molecule has 3 atom stereocenters. The van der Waals surface area contributed by atoms with Gasteiger partial charge in [0.1, 0.15) is 0 Å². The molecule has 0 bridgehead atoms. The maximum atomic E-state index is 10.9. The van der Waals surface area contributed by atoms with E-state index < -0.39 is 10.8 Å². The first-order chi connectivity index (χ1) is 7.22. The molecular weight excluding hydrogens is 210 g/mol. The zero-order valence-corrected chi connectivity index (χ0v) is 10.6. The van der Waals surface area contributed by atoms with Gasteiger partial charge in [0.2, 0.25) is 0 Å². The number of hydrogen-bond acceptors (Lipinski definition) is 3. The minimum absolute atomic E-state index is 0.438. The summed E-state index contributed by atoms with van der Waals surface area (Å²) >= 11 is 0. The van der Waals surface area contributed by atoms with Crippen molar-refractivity contribution >= 4 is 10.8 Å². The Balaban J connectivity index is 2.15. The Kier molecular flexibility index (Phi) is 6.45. The van der Waals surface area contributed by atoms with Crippen LogP contribution in [0.15, 0.2) is 0 Å². The molecule has 1 aliphatic heterocycles. The van der Waals surface area contributed by atoms with Crippen LogP contribution in [0.5, 0.6) is 0 Å². The van der Waals surface area contributed by atoms with Crippen molar-refractivity contribution in [1.29, 1.82) is 0 Å². The van der Waals surface area contributed by atoms with Crippen LogP contribution >= 0.6 is 0 Å². The predicted octanol–water partition coefficient (Wildman–Crippen LogP) is 1.30. The molecule has 90 valence electrons. The van der Waals surface area contributed by atoms with E-state index >= 15 is 0 Å². The third kappa shape index (κ3) is 5.64. The molecule has 0 aromatic carbocycles. The van der Waals surface area contributed by atoms with Crippen molar-refractivity contribution in [3.63, 3.8) is 0 Å². The molecule has 1 rings (SSSR count). The standard InChI is InChI=1S/C11H23NO2S/c1-3-4-11-9-10(5-7-14-11)12-6-8-15(2)13/h10-12H,3-9H2,1-2H3. The van der Waals surface area contributed by atoms with Crippen molar-refractivity contribution in [3.8, 4) is 0 Å². The second kappa shape index (κ2) is 7.36. The molecule has 1 heterocycles. The smallest absolute Gasteiger partial charge is 0.0589 e. The molecule has 0 radical (unpaired) electrons. The lowest BCUT2D eigenvalue weighted by Crippen LogP contribution is -2.40. The van der Waals surface area contributed by atoms with E-state index in [0.29, 0.717) is 12.1 Å². The number of hydrogen-bond donors (Lipinski definition) is 1. The second-order valence-electron chi connectivity index (χ2n) is 4.23. The second-order valence-corrected chi connectivity index (χ2v) is 5.79. The van der Waals surface area contributed by atoms with Gasteiger partial charge in [0.25, 0.3) is 0 Å². The van der Waals surface area contributed by atoms with E-state index in [9.17, 15) is 4.21 Å². The fraction of sp³-hybridized carbons (Fsp3) is 1.00. The van der Waals surface area contributed by atoms with E-state index in [1.54, 1.807) is 6.26 Å². The third-order valence-electron chi connectivity index (χ3n) is 2.80. The van der Waals surface area contributed by atoms with Gasteiger partial charge < -0.3 is 10.1 Å². The summed E-state index contributed by atoms with van der Waals surface area (Å²) in [4.78, 5) is 0. The Morgan fingerprint density at radius 2 is 2.33 bits per heavy atom. The van der Waals surface area contributed by atoms with E-state index in [1.807, 2.05) is 0 Å². The molecule has 1 N–H and O–H groups in total. The fourth-order valence-electron chi connectivity index (χ4n) is 2.00. The van der Waals surface area contributed by atoms with Crippen LogP contribution in [0.4, 0.5) is 0 Å². The van der Waals surface area contributed by atoms with Crippen molar-refractivity contribution in [2.45, 2.75) is 44.8 Å². The summed E-state index contributed by atoms with van der Waals surface area (Å²) in [6.07, 6.45) is 6.76. The van der Waals surface area contributed by atoms with Gasteiger partial charge in [0.15, 0.2) is 0 Å². The van der Waals surface area contributed by atoms with Crippen LogP contribution in [0.1, 0.15) is 32.6 Å². The Morgan fingerprint density at radius 3 is 3.00 bits per heavy atom. The van der Waals surface area contributed by atoms with Crippen molar-refractivity contribution in [2.75, 3.05) is 25.2 Å². The minimum atomic E-state index is -0.676. The molecule has 15 heavy (non-hydrogen) atoms. The normalized spacial score (nSPS) is 28.9. The Morgan fingerprint density at radius 1 is 1.53 bits per heavy atom. The van der Waals surface area contributed by atoms with E-state index in [0.717, 1.165) is 38.2 Å². The molecule has 1 saturated heterocycles. The first kappa shape index (κ1) is 13.1. The topological polar surface area (TPSA) is 38.3 Å². The van der Waals surface area contributed by atoms with Crippen molar-refractivity contribution < 1.29 is 8.95 Å². The lowest BCUT2D eigenvalue weighted by atomic mass is 10.0. The molecule has 3 nitrogen and oxygen atoms in total. The van der Waals surface area contributed by atoms with Gasteiger partial charge in [-0.1, -0.05) is 13.3 Å². The minimum Gasteiger partial charge on any atom is -0.378 e. The van der Waals surface area contributed by atoms with Crippen molar-refractivity contribution in [2.24, 2.45) is 0 Å². The van der Waals surface area contributed by atoms with Gasteiger partial charge >= 0.3 is 0 Å². The maximum Gasteiger partial charge on any atom is 0.0589 e. The lowest BCUT2D eigenvalue weighted by molar-refractivity contribution is -0.00277. The van der Waals surface area contributed by atoms with Gasteiger partial charge in [-0.05, 0) is 19.3 Å². The number of rotatable bonds is 6. The molecule has 1 fully saturated rings. The third-order valence-corrected chi connectivity index (χ3v) is 3.58. The van der Waals surface area contributed by atoms with Gasteiger partial charge in [-0.3, -0.25) is 4.21 Å². The van der Waals surface area contributed by atoms with Crippen LogP contribution in [0.2, 0.25) is 0 Å². The molecule has 0 aliphatic carbocycles. The highest BCUT2D eigenvalue weighted by atomic mass is 32.2. The van der Waals surface area contributed by atoms with Gasteiger partial charge in [0.05, 0.1) is 6.10 Å². The maximum absolute atomic E-state index is 10.9. The monoisotopic (exact) mass is 233 g/mol. The summed E-state index contributed by atoms with van der Waals surface area (Å²) in [5.41, 5.74) is 0. The molecule has 0 aromatic rings. The molecule has 3 unspecified atom stereocenters. The Labute approximate surface area is 95.4 Å². The van der Waals surface area contributed by atoms with Crippen molar-refractivity contribution in [3.05, 3.63) is 0 Å². The first-order valence-electron chi connectivity index (χ1n) is 5.87. The molecule has 0 spiro atoms. The number of ether oxygens (including phenoxy) is 1. The summed E-state index contributed by atoms with van der Waals surface area (Å²) in [7, 11) is -0.676. The highest BCUT2D eigenvalue weighted by Crippen LogP contribution is 2.17. The van der Waals surface area contributed by atoms with E-state index in [1.165, 1.54) is 6.42 Å². The van der Waals surface area contributed by atoms with Crippen LogP contribution in [-0.2, 0) is 15.5 Å². The molecule has 0 amide bonds. The summed E-state index contributed by atoms with van der Waals surface area (Å²) in [5, 5.41) is 3.47. The zero-order valence-electron chi connectivity index (χ0n) is 9.83. The Bertz CT molecular complexity index is 197. The highest BCUT2D eigenvalue weighted by Gasteiger charge is 2.21. The molecule has 4 heteroatoms. The SMILES string of the molecule is CCCC1CC(NCCS(C)=O)CCO1. The van der Waals surface area contributed by atoms with Gasteiger partial charge in [-0.15, -0.1) is 0 Å².